The van der Waals surface area contributed by atoms with Crippen LogP contribution in [0.15, 0.2) is 29.2 Å². The fraction of sp³-hybridized carbons (Fsp3) is 0.444. The van der Waals surface area contributed by atoms with E-state index in [4.69, 9.17) is 4.74 Å². The number of hydrogen-bond donors (Lipinski definition) is 1. The van der Waals surface area contributed by atoms with E-state index in [1.165, 1.54) is 15.6 Å². The number of benzene rings is 1. The molecule has 7 nitrogen and oxygen atoms in total. The van der Waals surface area contributed by atoms with Crippen molar-refractivity contribution in [2.75, 3.05) is 18.5 Å². The molecular weight excluding hydrogens is 386 g/mol. The lowest BCUT2D eigenvalue weighted by Crippen LogP contribution is -2.35. The average molecular weight is 408 g/mol. The Morgan fingerprint density at radius 1 is 1.37 bits per heavy atom. The molecule has 0 atom stereocenters. The topological polar surface area (TPSA) is 88.6 Å². The summed E-state index contributed by atoms with van der Waals surface area (Å²) in [6, 6.07) is 6.70. The predicted molar refractivity (Wildman–Crippen MR) is 102 cm³/mol. The molecule has 0 spiro atoms. The Hall–Kier alpha value is -1.97. The smallest absolute Gasteiger partial charge is 0.247 e. The number of anilines is 1. The molecule has 1 saturated carbocycles. The van der Waals surface area contributed by atoms with Gasteiger partial charge in [-0.1, -0.05) is 12.1 Å². The molecule has 0 bridgehead atoms. The number of aromatic nitrogens is 1. The lowest BCUT2D eigenvalue weighted by molar-refractivity contribution is -0.117. The van der Waals surface area contributed by atoms with Crippen molar-refractivity contribution in [3.8, 4) is 5.75 Å². The van der Waals surface area contributed by atoms with Crippen LogP contribution in [0.2, 0.25) is 0 Å². The molecule has 9 heteroatoms. The van der Waals surface area contributed by atoms with Crippen LogP contribution in [-0.2, 0) is 27.8 Å². The van der Waals surface area contributed by atoms with Gasteiger partial charge >= 0.3 is 0 Å². The first-order valence-corrected chi connectivity index (χ1v) is 11.3. The molecule has 0 radical (unpaired) electrons. The quantitative estimate of drug-likeness (QED) is 0.795. The fourth-order valence-corrected chi connectivity index (χ4v) is 5.71. The van der Waals surface area contributed by atoms with Gasteiger partial charge in [-0.2, -0.15) is 4.31 Å². The third kappa shape index (κ3) is 3.71. The first kappa shape index (κ1) is 18.4. The number of nitrogens with one attached hydrogen (secondary N) is 1. The molecule has 1 amide bonds. The number of fused-ring (bicyclic) bond motifs is 1. The Labute approximate surface area is 162 Å². The second-order valence-corrected chi connectivity index (χ2v) is 9.61. The molecule has 1 aromatic carbocycles. The van der Waals surface area contributed by atoms with Crippen molar-refractivity contribution in [1.29, 1.82) is 0 Å². The molecule has 1 N–H and O–H groups in total. The third-order valence-electron chi connectivity index (χ3n) is 4.64. The summed E-state index contributed by atoms with van der Waals surface area (Å²) in [7, 11) is -3.67. The van der Waals surface area contributed by atoms with Crippen LogP contribution in [0.1, 0.15) is 30.3 Å². The van der Waals surface area contributed by atoms with Crippen LogP contribution in [-0.4, -0.2) is 36.8 Å². The molecule has 0 saturated heterocycles. The molecule has 1 aromatic heterocycles. The van der Waals surface area contributed by atoms with Gasteiger partial charge in [0.15, 0.2) is 5.13 Å². The Balaban J connectivity index is 1.55. The van der Waals surface area contributed by atoms with E-state index in [-0.39, 0.29) is 23.3 Å². The third-order valence-corrected chi connectivity index (χ3v) is 7.52. The number of rotatable bonds is 6. The summed E-state index contributed by atoms with van der Waals surface area (Å²) in [5, 5.41) is 3.41. The van der Waals surface area contributed by atoms with Gasteiger partial charge in [0.2, 0.25) is 15.9 Å². The van der Waals surface area contributed by atoms with Crippen molar-refractivity contribution in [3.63, 3.8) is 0 Å². The number of ether oxygens (including phenoxy) is 1. The van der Waals surface area contributed by atoms with Crippen LogP contribution >= 0.6 is 11.3 Å². The van der Waals surface area contributed by atoms with Gasteiger partial charge in [0.25, 0.3) is 0 Å². The van der Waals surface area contributed by atoms with Gasteiger partial charge in [0.05, 0.1) is 18.8 Å². The minimum Gasteiger partial charge on any atom is -0.492 e. The van der Waals surface area contributed by atoms with Gasteiger partial charge in [0.1, 0.15) is 10.6 Å². The number of nitrogens with zero attached hydrogens (tertiary/aromatic N) is 2. The van der Waals surface area contributed by atoms with E-state index < -0.39 is 10.0 Å². The first-order valence-electron chi connectivity index (χ1n) is 9.00. The Bertz CT molecular complexity index is 967. The van der Waals surface area contributed by atoms with Gasteiger partial charge in [0, 0.05) is 23.8 Å². The summed E-state index contributed by atoms with van der Waals surface area (Å²) in [5.41, 5.74) is 0.871. The monoisotopic (exact) mass is 407 g/mol. The van der Waals surface area contributed by atoms with Crippen LogP contribution in [0.5, 0.6) is 5.75 Å². The number of hydrogen-bond acceptors (Lipinski definition) is 6. The van der Waals surface area contributed by atoms with Crippen molar-refractivity contribution in [3.05, 3.63) is 34.8 Å². The van der Waals surface area contributed by atoms with Crippen LogP contribution in [0.4, 0.5) is 5.13 Å². The summed E-state index contributed by atoms with van der Waals surface area (Å²) >= 11 is 1.36. The summed E-state index contributed by atoms with van der Waals surface area (Å²) in [4.78, 5) is 17.5. The molecule has 2 heterocycles. The zero-order chi connectivity index (χ0) is 19.0. The summed E-state index contributed by atoms with van der Waals surface area (Å²) in [5.74, 6) is 0.488. The Morgan fingerprint density at radius 3 is 2.89 bits per heavy atom. The normalized spacial score (nSPS) is 17.4. The van der Waals surface area contributed by atoms with Crippen LogP contribution < -0.4 is 10.1 Å². The number of carbonyl (C=O) groups excluding carboxylic acids is 1. The van der Waals surface area contributed by atoms with E-state index in [9.17, 15) is 13.2 Å². The molecule has 1 fully saturated rings. The van der Waals surface area contributed by atoms with E-state index in [1.54, 1.807) is 24.3 Å². The van der Waals surface area contributed by atoms with Gasteiger partial charge in [-0.15, -0.1) is 11.3 Å². The standard InChI is InChI=1S/C18H21N3O4S2/c1-2-25-14-5-3-4-6-16(14)27(23,24)21-10-9-13-15(11-21)26-18(19-13)20-17(22)12-7-8-12/h3-6,12H,2,7-11H2,1H3,(H,19,20,22). The predicted octanol–water partition coefficient (Wildman–Crippen LogP) is 2.64. The van der Waals surface area contributed by atoms with Crippen molar-refractivity contribution >= 4 is 32.4 Å². The van der Waals surface area contributed by atoms with Crippen LogP contribution in [0.25, 0.3) is 0 Å². The van der Waals surface area contributed by atoms with Gasteiger partial charge in [-0.3, -0.25) is 4.79 Å². The highest BCUT2D eigenvalue weighted by Crippen LogP contribution is 2.35. The first-order chi connectivity index (χ1) is 13.0. The number of carbonyl (C=O) groups is 1. The summed E-state index contributed by atoms with van der Waals surface area (Å²) < 4.78 is 33.2. The second kappa shape index (κ2) is 7.21. The zero-order valence-electron chi connectivity index (χ0n) is 15.0. The SMILES string of the molecule is CCOc1ccccc1S(=O)(=O)N1CCc2nc(NC(=O)C3CC3)sc2C1. The molecule has 4 rings (SSSR count). The largest absolute Gasteiger partial charge is 0.492 e. The lowest BCUT2D eigenvalue weighted by Gasteiger charge is -2.26. The van der Waals surface area contributed by atoms with Crippen molar-refractivity contribution < 1.29 is 17.9 Å². The number of sulfonamides is 1. The Kier molecular flexibility index (Phi) is 4.92. The maximum atomic E-state index is 13.1. The molecule has 2 aliphatic rings. The van der Waals surface area contributed by atoms with Crippen molar-refractivity contribution in [2.24, 2.45) is 5.92 Å². The zero-order valence-corrected chi connectivity index (χ0v) is 16.6. The highest BCUT2D eigenvalue weighted by atomic mass is 32.2. The molecule has 1 aliphatic heterocycles. The van der Waals surface area contributed by atoms with Crippen molar-refractivity contribution in [2.45, 2.75) is 37.6 Å². The lowest BCUT2D eigenvalue weighted by atomic mass is 10.2. The molecular formula is C18H21N3O4S2. The molecule has 2 aromatic rings. The highest BCUT2D eigenvalue weighted by molar-refractivity contribution is 7.89. The Morgan fingerprint density at radius 2 is 2.15 bits per heavy atom. The summed E-state index contributed by atoms with van der Waals surface area (Å²) in [6.45, 7) is 2.84. The minimum atomic E-state index is -3.67. The highest BCUT2D eigenvalue weighted by Gasteiger charge is 2.34. The molecule has 0 unspecified atom stereocenters. The van der Waals surface area contributed by atoms with Crippen LogP contribution in [0, 0.1) is 5.92 Å². The van der Waals surface area contributed by atoms with E-state index in [0.29, 0.717) is 30.5 Å². The fourth-order valence-electron chi connectivity index (χ4n) is 3.06. The molecule has 144 valence electrons. The van der Waals surface area contributed by atoms with Crippen LogP contribution in [0.3, 0.4) is 0 Å². The maximum absolute atomic E-state index is 13.1. The maximum Gasteiger partial charge on any atom is 0.247 e. The van der Waals surface area contributed by atoms with Gasteiger partial charge < -0.3 is 10.1 Å². The number of thiazole rings is 1. The number of para-hydroxylation sites is 1. The molecule has 27 heavy (non-hydrogen) atoms. The minimum absolute atomic E-state index is 0.0104. The average Bonchev–Trinajstić information content (AvgIpc) is 3.42. The number of amides is 1. The van der Waals surface area contributed by atoms with E-state index in [0.717, 1.165) is 23.4 Å². The van der Waals surface area contributed by atoms with E-state index >= 15 is 0 Å². The van der Waals surface area contributed by atoms with E-state index in [2.05, 4.69) is 10.3 Å². The second-order valence-electron chi connectivity index (χ2n) is 6.62. The molecule has 1 aliphatic carbocycles. The van der Waals surface area contributed by atoms with Gasteiger partial charge in [-0.25, -0.2) is 13.4 Å². The summed E-state index contributed by atoms with van der Waals surface area (Å²) in [6.07, 6.45) is 2.39. The van der Waals surface area contributed by atoms with E-state index in [1.807, 2.05) is 6.92 Å². The van der Waals surface area contributed by atoms with Crippen molar-refractivity contribution in [1.82, 2.24) is 9.29 Å². The van der Waals surface area contributed by atoms with Gasteiger partial charge in [-0.05, 0) is 31.9 Å².